The van der Waals surface area contributed by atoms with Crippen LogP contribution < -0.4 is 5.32 Å². The number of hydrogen-bond acceptors (Lipinski definition) is 3. The first-order valence-electron chi connectivity index (χ1n) is 7.15. The predicted molar refractivity (Wildman–Crippen MR) is 90.1 cm³/mol. The van der Waals surface area contributed by atoms with E-state index >= 15 is 0 Å². The summed E-state index contributed by atoms with van der Waals surface area (Å²) in [5.74, 6) is -0.178. The maximum absolute atomic E-state index is 14.9. The first-order valence-corrected chi connectivity index (χ1v) is 7.53. The largest absolute Gasteiger partial charge is 0.508 e. The van der Waals surface area contributed by atoms with E-state index < -0.39 is 5.83 Å². The Morgan fingerprint density at radius 2 is 2.05 bits per heavy atom. The zero-order chi connectivity index (χ0) is 16.4. The highest BCUT2D eigenvalue weighted by Gasteiger charge is 2.31. The second kappa shape index (κ2) is 6.53. The lowest BCUT2D eigenvalue weighted by Crippen LogP contribution is -2.10. The molecule has 118 valence electrons. The van der Waals surface area contributed by atoms with E-state index in [0.29, 0.717) is 16.5 Å². The fourth-order valence-corrected chi connectivity index (χ4v) is 2.89. The van der Waals surface area contributed by atoms with Crippen LogP contribution in [-0.4, -0.2) is 18.9 Å². The minimum absolute atomic E-state index is 0.00950. The lowest BCUT2D eigenvalue weighted by Gasteiger charge is -2.16. The predicted octanol–water partition coefficient (Wildman–Crippen LogP) is 4.78. The molecule has 2 rings (SSSR count). The molecule has 0 atom stereocenters. The number of allylic oxidation sites excluding steroid dienone is 2. The number of aromatic hydroxyl groups is 1. The van der Waals surface area contributed by atoms with Gasteiger partial charge in [0.1, 0.15) is 5.75 Å². The van der Waals surface area contributed by atoms with Crippen molar-refractivity contribution in [2.75, 3.05) is 7.05 Å². The SMILES string of the molecule is C=NC(=C(C)C)/C(F)=C(\NC)c1cc(O)cc(Cl)c1C1CC1. The molecule has 0 aliphatic heterocycles. The monoisotopic (exact) mass is 322 g/mol. The van der Waals surface area contributed by atoms with Crippen molar-refractivity contribution >= 4 is 24.0 Å². The first kappa shape index (κ1) is 16.6. The number of nitrogens with one attached hydrogen (secondary N) is 1. The maximum Gasteiger partial charge on any atom is 0.172 e. The van der Waals surface area contributed by atoms with Crippen LogP contribution in [0.15, 0.2) is 34.2 Å². The van der Waals surface area contributed by atoms with Gasteiger partial charge >= 0.3 is 0 Å². The lowest BCUT2D eigenvalue weighted by molar-refractivity contribution is 0.475. The molecule has 0 amide bonds. The molecule has 0 saturated heterocycles. The van der Waals surface area contributed by atoms with E-state index in [2.05, 4.69) is 17.0 Å². The van der Waals surface area contributed by atoms with Crippen LogP contribution in [0.4, 0.5) is 4.39 Å². The van der Waals surface area contributed by atoms with Crippen LogP contribution in [0.25, 0.3) is 5.70 Å². The average molecular weight is 323 g/mol. The van der Waals surface area contributed by atoms with E-state index in [9.17, 15) is 9.50 Å². The van der Waals surface area contributed by atoms with Crippen molar-refractivity contribution in [3.63, 3.8) is 0 Å². The highest BCUT2D eigenvalue weighted by molar-refractivity contribution is 6.32. The van der Waals surface area contributed by atoms with Crippen molar-refractivity contribution in [1.29, 1.82) is 0 Å². The smallest absolute Gasteiger partial charge is 0.172 e. The summed E-state index contributed by atoms with van der Waals surface area (Å²) in [6, 6.07) is 3.04. The van der Waals surface area contributed by atoms with Gasteiger partial charge in [0.05, 0.1) is 11.4 Å². The molecule has 22 heavy (non-hydrogen) atoms. The molecule has 0 unspecified atom stereocenters. The first-order chi connectivity index (χ1) is 10.4. The van der Waals surface area contributed by atoms with E-state index in [0.717, 1.165) is 24.0 Å². The van der Waals surface area contributed by atoms with Crippen molar-refractivity contribution in [1.82, 2.24) is 5.32 Å². The molecule has 1 fully saturated rings. The van der Waals surface area contributed by atoms with Gasteiger partial charge in [-0.3, -0.25) is 4.99 Å². The third kappa shape index (κ3) is 3.17. The molecule has 0 bridgehead atoms. The van der Waals surface area contributed by atoms with Crippen molar-refractivity contribution in [3.8, 4) is 5.75 Å². The lowest BCUT2D eigenvalue weighted by atomic mass is 9.98. The topological polar surface area (TPSA) is 44.6 Å². The van der Waals surface area contributed by atoms with Crippen molar-refractivity contribution < 1.29 is 9.50 Å². The van der Waals surface area contributed by atoms with Gasteiger partial charge in [0.15, 0.2) is 5.83 Å². The molecular formula is C17H20ClFN2O. The van der Waals surface area contributed by atoms with Crippen LogP contribution in [-0.2, 0) is 0 Å². The number of hydrogen-bond donors (Lipinski definition) is 2. The van der Waals surface area contributed by atoms with Crippen LogP contribution in [0.5, 0.6) is 5.75 Å². The summed E-state index contributed by atoms with van der Waals surface area (Å²) in [4.78, 5) is 3.78. The van der Waals surface area contributed by atoms with Crippen LogP contribution in [0, 0.1) is 0 Å². The van der Waals surface area contributed by atoms with E-state index in [-0.39, 0.29) is 17.1 Å². The molecule has 1 aliphatic rings. The van der Waals surface area contributed by atoms with Gasteiger partial charge in [0.25, 0.3) is 0 Å². The Hall–Kier alpha value is -1.81. The van der Waals surface area contributed by atoms with Crippen molar-refractivity contribution in [2.24, 2.45) is 4.99 Å². The Bertz CT molecular complexity index is 671. The maximum atomic E-state index is 14.9. The Labute approximate surface area is 135 Å². The van der Waals surface area contributed by atoms with Gasteiger partial charge in [-0.15, -0.1) is 0 Å². The average Bonchev–Trinajstić information content (AvgIpc) is 3.23. The summed E-state index contributed by atoms with van der Waals surface area (Å²) in [6.07, 6.45) is 2.04. The zero-order valence-corrected chi connectivity index (χ0v) is 13.8. The summed E-state index contributed by atoms with van der Waals surface area (Å²) >= 11 is 6.27. The molecule has 5 heteroatoms. The van der Waals surface area contributed by atoms with Crippen molar-refractivity contribution in [2.45, 2.75) is 32.6 Å². The van der Waals surface area contributed by atoms with Crippen LogP contribution in [0.3, 0.4) is 0 Å². The number of nitrogens with zero attached hydrogens (tertiary/aromatic N) is 1. The molecule has 3 nitrogen and oxygen atoms in total. The quantitative estimate of drug-likeness (QED) is 0.605. The summed E-state index contributed by atoms with van der Waals surface area (Å²) < 4.78 is 14.9. The fourth-order valence-electron chi connectivity index (χ4n) is 2.53. The van der Waals surface area contributed by atoms with Gasteiger partial charge in [-0.1, -0.05) is 11.6 Å². The van der Waals surface area contributed by atoms with E-state index in [1.807, 2.05) is 0 Å². The van der Waals surface area contributed by atoms with Gasteiger partial charge in [-0.2, -0.15) is 0 Å². The second-order valence-corrected chi connectivity index (χ2v) is 6.02. The second-order valence-electron chi connectivity index (χ2n) is 5.61. The molecule has 1 saturated carbocycles. The van der Waals surface area contributed by atoms with Crippen LogP contribution in [0.2, 0.25) is 5.02 Å². The molecule has 1 aromatic carbocycles. The Morgan fingerprint density at radius 3 is 2.50 bits per heavy atom. The molecule has 0 radical (unpaired) electrons. The number of phenolic OH excluding ortho intramolecular Hbond substituents is 1. The van der Waals surface area contributed by atoms with E-state index in [4.69, 9.17) is 11.6 Å². The Kier molecular flexibility index (Phi) is 4.91. The highest BCUT2D eigenvalue weighted by atomic mass is 35.5. The molecule has 0 heterocycles. The number of benzene rings is 1. The number of phenols is 1. The normalized spacial score (nSPS) is 15.1. The Morgan fingerprint density at radius 1 is 1.41 bits per heavy atom. The molecular weight excluding hydrogens is 303 g/mol. The van der Waals surface area contributed by atoms with Crippen LogP contribution >= 0.6 is 11.6 Å². The molecule has 2 N–H and O–H groups in total. The Balaban J connectivity index is 2.71. The molecule has 1 aliphatic carbocycles. The minimum atomic E-state index is -0.499. The summed E-state index contributed by atoms with van der Waals surface area (Å²) in [5.41, 5.74) is 2.64. The van der Waals surface area contributed by atoms with E-state index in [1.54, 1.807) is 20.9 Å². The molecule has 0 aromatic heterocycles. The van der Waals surface area contributed by atoms with Crippen molar-refractivity contribution in [3.05, 3.63) is 45.4 Å². The zero-order valence-electron chi connectivity index (χ0n) is 13.0. The van der Waals surface area contributed by atoms with Gasteiger partial charge in [-0.25, -0.2) is 4.39 Å². The summed E-state index contributed by atoms with van der Waals surface area (Å²) in [7, 11) is 1.63. The molecule has 1 aromatic rings. The summed E-state index contributed by atoms with van der Waals surface area (Å²) in [6.45, 7) is 6.98. The standard InChI is InChI=1S/C17H20ClFN2O/c1-9(2)16(20-3)15(19)17(21-4)12-7-11(22)8-13(18)14(12)10-5-6-10/h7-8,10,21-22H,3,5-6H2,1-2,4H3/b17-15+. The fraction of sp³-hybridized carbons (Fsp3) is 0.353. The highest BCUT2D eigenvalue weighted by Crippen LogP contribution is 2.48. The van der Waals surface area contributed by atoms with E-state index in [1.165, 1.54) is 12.1 Å². The van der Waals surface area contributed by atoms with Crippen LogP contribution in [0.1, 0.15) is 43.7 Å². The third-order valence-electron chi connectivity index (χ3n) is 3.68. The number of halogens is 2. The van der Waals surface area contributed by atoms with Gasteiger partial charge in [0, 0.05) is 17.6 Å². The minimum Gasteiger partial charge on any atom is -0.508 e. The third-order valence-corrected chi connectivity index (χ3v) is 3.99. The number of rotatable bonds is 5. The van der Waals surface area contributed by atoms with Gasteiger partial charge < -0.3 is 10.4 Å². The molecule has 0 spiro atoms. The van der Waals surface area contributed by atoms with Gasteiger partial charge in [0.2, 0.25) is 0 Å². The van der Waals surface area contributed by atoms with Gasteiger partial charge in [-0.05, 0) is 62.6 Å². The number of aliphatic imine (C=N–C) groups is 1. The summed E-state index contributed by atoms with van der Waals surface area (Å²) in [5, 5.41) is 13.2.